The van der Waals surface area contributed by atoms with E-state index in [1.807, 2.05) is 0 Å². The molecule has 1 fully saturated rings. The highest BCUT2D eigenvalue weighted by Crippen LogP contribution is 2.21. The van der Waals surface area contributed by atoms with Gasteiger partial charge in [-0.05, 0) is 25.0 Å². The first kappa shape index (κ1) is 12.7. The molecule has 1 aliphatic rings. The van der Waals surface area contributed by atoms with Crippen LogP contribution >= 0.6 is 0 Å². The van der Waals surface area contributed by atoms with Gasteiger partial charge in [0.2, 0.25) is 0 Å². The Morgan fingerprint density at radius 3 is 2.58 bits per heavy atom. The number of para-hydroxylation sites is 1. The van der Waals surface area contributed by atoms with E-state index < -0.39 is 0 Å². The summed E-state index contributed by atoms with van der Waals surface area (Å²) in [5.41, 5.74) is 1.03. The van der Waals surface area contributed by atoms with Gasteiger partial charge in [-0.1, -0.05) is 12.1 Å². The van der Waals surface area contributed by atoms with Crippen LogP contribution in [-0.2, 0) is 0 Å². The topological polar surface area (TPSA) is 88.7 Å². The molecule has 1 aromatic rings. The molecule has 5 heteroatoms. The maximum Gasteiger partial charge on any atom is 0.253 e. The fourth-order valence-electron chi connectivity index (χ4n) is 1.54. The maximum atomic E-state index is 12.0. The number of hydrogen-bond acceptors (Lipinski definition) is 4. The number of allylic oxidation sites excluding steroid dienone is 1. The first-order valence-corrected chi connectivity index (χ1v) is 5.91. The van der Waals surface area contributed by atoms with Crippen molar-refractivity contribution in [2.24, 2.45) is 0 Å². The number of rotatable bonds is 4. The van der Waals surface area contributed by atoms with Crippen molar-refractivity contribution in [1.29, 1.82) is 10.5 Å². The van der Waals surface area contributed by atoms with Crippen molar-refractivity contribution < 1.29 is 4.79 Å². The number of anilines is 1. The van der Waals surface area contributed by atoms with Crippen LogP contribution in [0.5, 0.6) is 0 Å². The van der Waals surface area contributed by atoms with Gasteiger partial charge < -0.3 is 10.6 Å². The number of benzene rings is 1. The summed E-state index contributed by atoms with van der Waals surface area (Å²) in [7, 11) is 0. The predicted molar refractivity (Wildman–Crippen MR) is 69.9 cm³/mol. The highest BCUT2D eigenvalue weighted by atomic mass is 16.1. The van der Waals surface area contributed by atoms with Crippen molar-refractivity contribution in [1.82, 2.24) is 5.32 Å². The molecule has 0 bridgehead atoms. The van der Waals surface area contributed by atoms with E-state index >= 15 is 0 Å². The Labute approximate surface area is 111 Å². The molecule has 0 spiro atoms. The van der Waals surface area contributed by atoms with Crippen LogP contribution in [0, 0.1) is 22.7 Å². The van der Waals surface area contributed by atoms with Gasteiger partial charge in [-0.25, -0.2) is 0 Å². The van der Waals surface area contributed by atoms with E-state index in [0.717, 1.165) is 12.8 Å². The normalized spacial score (nSPS) is 12.7. The molecule has 0 aromatic heterocycles. The van der Waals surface area contributed by atoms with E-state index in [2.05, 4.69) is 10.6 Å². The molecular weight excluding hydrogens is 240 g/mol. The zero-order valence-electron chi connectivity index (χ0n) is 10.2. The SMILES string of the molecule is N#CC(C#N)=CNc1ccccc1C(=O)NC1CC1. The number of carbonyl (C=O) groups excluding carboxylic acids is 1. The van der Waals surface area contributed by atoms with Crippen molar-refractivity contribution in [3.8, 4) is 12.1 Å². The zero-order chi connectivity index (χ0) is 13.7. The highest BCUT2D eigenvalue weighted by Gasteiger charge is 2.24. The molecule has 1 aliphatic carbocycles. The summed E-state index contributed by atoms with van der Waals surface area (Å²) in [6, 6.07) is 10.8. The quantitative estimate of drug-likeness (QED) is 0.801. The molecule has 0 heterocycles. The molecule has 94 valence electrons. The third-order valence-corrected chi connectivity index (χ3v) is 2.70. The molecule has 1 aromatic carbocycles. The fourth-order valence-corrected chi connectivity index (χ4v) is 1.54. The minimum absolute atomic E-state index is 0.0441. The van der Waals surface area contributed by atoms with Crippen molar-refractivity contribution in [2.45, 2.75) is 18.9 Å². The van der Waals surface area contributed by atoms with Crippen LogP contribution in [0.3, 0.4) is 0 Å². The lowest BCUT2D eigenvalue weighted by Gasteiger charge is -2.09. The molecule has 0 saturated heterocycles. The average Bonchev–Trinajstić information content (AvgIpc) is 3.24. The summed E-state index contributed by atoms with van der Waals surface area (Å²) in [5.74, 6) is -0.144. The van der Waals surface area contributed by atoms with Crippen LogP contribution in [0.25, 0.3) is 0 Å². The number of nitrogens with zero attached hydrogens (tertiary/aromatic N) is 2. The molecule has 2 N–H and O–H groups in total. The van der Waals surface area contributed by atoms with E-state index in [9.17, 15) is 4.79 Å². The minimum Gasteiger partial charge on any atom is -0.359 e. The largest absolute Gasteiger partial charge is 0.359 e. The second kappa shape index (κ2) is 5.70. The number of nitriles is 2. The lowest BCUT2D eigenvalue weighted by atomic mass is 10.1. The summed E-state index contributed by atoms with van der Waals surface area (Å²) in [4.78, 5) is 12.0. The number of hydrogen-bond donors (Lipinski definition) is 2. The van der Waals surface area contributed by atoms with E-state index in [1.54, 1.807) is 36.4 Å². The standard InChI is InChI=1S/C14H12N4O/c15-7-10(8-16)9-17-13-4-2-1-3-12(13)14(19)18-11-5-6-11/h1-4,9,11,17H,5-6H2,(H,18,19). The Bertz CT molecular complexity index is 587. The predicted octanol–water partition coefficient (Wildman–Crippen LogP) is 1.92. The molecule has 0 atom stereocenters. The number of carbonyl (C=O) groups is 1. The zero-order valence-corrected chi connectivity index (χ0v) is 10.2. The first-order chi connectivity index (χ1) is 9.24. The van der Waals surface area contributed by atoms with E-state index in [-0.39, 0.29) is 17.5 Å². The summed E-state index contributed by atoms with van der Waals surface area (Å²) >= 11 is 0. The molecule has 0 radical (unpaired) electrons. The molecule has 0 aliphatic heterocycles. The van der Waals surface area contributed by atoms with Crippen LogP contribution < -0.4 is 10.6 Å². The van der Waals surface area contributed by atoms with Gasteiger partial charge in [0.1, 0.15) is 17.7 Å². The third kappa shape index (κ3) is 3.34. The lowest BCUT2D eigenvalue weighted by molar-refractivity contribution is 0.0952. The average molecular weight is 252 g/mol. The van der Waals surface area contributed by atoms with Gasteiger partial charge in [0, 0.05) is 12.2 Å². The Kier molecular flexibility index (Phi) is 3.80. The Balaban J connectivity index is 2.16. The van der Waals surface area contributed by atoms with Crippen LogP contribution in [0.4, 0.5) is 5.69 Å². The van der Waals surface area contributed by atoms with Gasteiger partial charge in [-0.3, -0.25) is 4.79 Å². The smallest absolute Gasteiger partial charge is 0.253 e. The van der Waals surface area contributed by atoms with Crippen LogP contribution in [0.15, 0.2) is 36.0 Å². The van der Waals surface area contributed by atoms with Crippen molar-refractivity contribution in [3.05, 3.63) is 41.6 Å². The summed E-state index contributed by atoms with van der Waals surface area (Å²) in [6.07, 6.45) is 3.34. The summed E-state index contributed by atoms with van der Waals surface area (Å²) in [5, 5.41) is 23.0. The van der Waals surface area contributed by atoms with Crippen molar-refractivity contribution >= 4 is 11.6 Å². The van der Waals surface area contributed by atoms with Crippen molar-refractivity contribution in [2.75, 3.05) is 5.32 Å². The molecule has 2 rings (SSSR count). The van der Waals surface area contributed by atoms with E-state index in [0.29, 0.717) is 11.3 Å². The Hall–Kier alpha value is -2.79. The molecule has 5 nitrogen and oxygen atoms in total. The molecule has 19 heavy (non-hydrogen) atoms. The summed E-state index contributed by atoms with van der Waals surface area (Å²) in [6.45, 7) is 0. The Morgan fingerprint density at radius 1 is 1.26 bits per heavy atom. The third-order valence-electron chi connectivity index (χ3n) is 2.70. The maximum absolute atomic E-state index is 12.0. The van der Waals surface area contributed by atoms with Crippen molar-refractivity contribution in [3.63, 3.8) is 0 Å². The molecular formula is C14H12N4O. The fraction of sp³-hybridized carbons (Fsp3) is 0.214. The van der Waals surface area contributed by atoms with E-state index in [1.165, 1.54) is 6.20 Å². The van der Waals surface area contributed by atoms with Gasteiger partial charge >= 0.3 is 0 Å². The van der Waals surface area contributed by atoms with E-state index in [4.69, 9.17) is 10.5 Å². The van der Waals surface area contributed by atoms with Gasteiger partial charge in [0.15, 0.2) is 0 Å². The highest BCUT2D eigenvalue weighted by molar-refractivity contribution is 6.00. The second-order valence-electron chi connectivity index (χ2n) is 4.22. The van der Waals surface area contributed by atoms with Gasteiger partial charge in [0.05, 0.1) is 11.3 Å². The number of nitrogens with one attached hydrogen (secondary N) is 2. The monoisotopic (exact) mass is 252 g/mol. The van der Waals surface area contributed by atoms with Gasteiger partial charge in [-0.15, -0.1) is 0 Å². The second-order valence-corrected chi connectivity index (χ2v) is 4.22. The van der Waals surface area contributed by atoms with Crippen LogP contribution in [0.1, 0.15) is 23.2 Å². The van der Waals surface area contributed by atoms with Gasteiger partial charge in [0.25, 0.3) is 5.91 Å². The van der Waals surface area contributed by atoms with Crippen LogP contribution in [0.2, 0.25) is 0 Å². The first-order valence-electron chi connectivity index (χ1n) is 5.91. The molecule has 1 amide bonds. The number of amides is 1. The van der Waals surface area contributed by atoms with Gasteiger partial charge in [-0.2, -0.15) is 10.5 Å². The minimum atomic E-state index is -0.144. The molecule has 1 saturated carbocycles. The summed E-state index contributed by atoms with van der Waals surface area (Å²) < 4.78 is 0. The molecule has 0 unspecified atom stereocenters. The Morgan fingerprint density at radius 2 is 1.95 bits per heavy atom. The lowest BCUT2D eigenvalue weighted by Crippen LogP contribution is -2.26. The van der Waals surface area contributed by atoms with Crippen LogP contribution in [-0.4, -0.2) is 11.9 Å².